The van der Waals surface area contributed by atoms with Gasteiger partial charge in [0.2, 0.25) is 0 Å². The van der Waals surface area contributed by atoms with E-state index in [2.05, 4.69) is 143 Å². The van der Waals surface area contributed by atoms with Gasteiger partial charge < -0.3 is 0 Å². The maximum Gasteiger partial charge on any atom is 0.0253 e. The smallest absolute Gasteiger partial charge is 0.0253 e. The number of halogens is 1. The Balaban J connectivity index is 1.34. The van der Waals surface area contributed by atoms with Crippen LogP contribution in [0, 0.1) is 0 Å². The van der Waals surface area contributed by atoms with E-state index in [1.54, 1.807) is 0 Å². The quantitative estimate of drug-likeness (QED) is 0.234. The molecule has 0 nitrogen and oxygen atoms in total. The molecule has 5 aromatic rings. The molecule has 0 unspecified atom stereocenters. The third kappa shape index (κ3) is 4.52. The second-order valence-corrected chi connectivity index (χ2v) is 8.52. The van der Waals surface area contributed by atoms with Crippen LogP contribution in [0.2, 0.25) is 0 Å². The number of hydrogen-bond acceptors (Lipinski definition) is 0. The van der Waals surface area contributed by atoms with Crippen LogP contribution in [-0.4, -0.2) is 0 Å². The van der Waals surface area contributed by atoms with E-state index in [0.717, 1.165) is 10.0 Å². The summed E-state index contributed by atoms with van der Waals surface area (Å²) >= 11 is 3.73. The van der Waals surface area contributed by atoms with Crippen LogP contribution in [0.1, 0.15) is 22.3 Å². The van der Waals surface area contributed by atoms with Gasteiger partial charge in [-0.15, -0.1) is 0 Å². The van der Waals surface area contributed by atoms with Crippen LogP contribution in [-0.2, 0) is 0 Å². The van der Waals surface area contributed by atoms with Crippen molar-refractivity contribution in [1.82, 2.24) is 0 Å². The van der Waals surface area contributed by atoms with Crippen molar-refractivity contribution in [3.05, 3.63) is 130 Å². The van der Waals surface area contributed by atoms with E-state index in [4.69, 9.17) is 0 Å². The van der Waals surface area contributed by atoms with Crippen molar-refractivity contribution in [1.29, 1.82) is 0 Å². The molecule has 0 heterocycles. The molecule has 0 fully saturated rings. The van der Waals surface area contributed by atoms with Crippen LogP contribution in [0.3, 0.4) is 0 Å². The largest absolute Gasteiger partial charge is 0.0616 e. The molecular weight excluding hydrogens is 440 g/mol. The highest BCUT2D eigenvalue weighted by Crippen LogP contribution is 2.24. The van der Waals surface area contributed by atoms with Crippen molar-refractivity contribution < 1.29 is 0 Å². The fraction of sp³-hybridized carbons (Fsp3) is 0. The van der Waals surface area contributed by atoms with Crippen LogP contribution in [0.25, 0.3) is 45.8 Å². The zero-order valence-corrected chi connectivity index (χ0v) is 18.6. The summed E-state index contributed by atoms with van der Waals surface area (Å²) in [6, 6.07) is 36.5. The molecule has 31 heavy (non-hydrogen) atoms. The number of rotatable bonds is 4. The Morgan fingerprint density at radius 1 is 0.419 bits per heavy atom. The Morgan fingerprint density at radius 3 is 1.42 bits per heavy atom. The van der Waals surface area contributed by atoms with Gasteiger partial charge in [-0.25, -0.2) is 0 Å². The van der Waals surface area contributed by atoms with E-state index >= 15 is 0 Å². The van der Waals surface area contributed by atoms with Gasteiger partial charge in [-0.05, 0) is 62.0 Å². The second-order valence-electron chi connectivity index (χ2n) is 7.66. The minimum Gasteiger partial charge on any atom is -0.0616 e. The summed E-state index contributed by atoms with van der Waals surface area (Å²) in [5.74, 6) is 0. The average molecular weight is 461 g/mol. The highest BCUT2D eigenvalue weighted by Gasteiger charge is 1.99. The second kappa shape index (κ2) is 8.75. The van der Waals surface area contributed by atoms with Crippen LogP contribution < -0.4 is 0 Å². The van der Waals surface area contributed by atoms with E-state index in [0.29, 0.717) is 0 Å². The van der Waals surface area contributed by atoms with Crippen molar-refractivity contribution in [3.8, 4) is 0 Å². The molecule has 5 rings (SSSR count). The van der Waals surface area contributed by atoms with E-state index in [1.807, 2.05) is 0 Å². The van der Waals surface area contributed by atoms with E-state index in [1.165, 1.54) is 38.2 Å². The van der Waals surface area contributed by atoms with Gasteiger partial charge in [0.05, 0.1) is 0 Å². The van der Waals surface area contributed by atoms with Crippen molar-refractivity contribution in [3.63, 3.8) is 0 Å². The third-order valence-electron chi connectivity index (χ3n) is 5.50. The Hall–Kier alpha value is -3.42. The standard InChI is InChI=1S/C30H21Br/c31-30-21-24(10-9-22-11-15-25-5-1-3-7-28(25)19-22)14-18-27(30)17-13-23-12-16-26-6-2-4-8-29(26)20-23/h1-21H/b10-9+,17-13+. The van der Waals surface area contributed by atoms with Crippen molar-refractivity contribution >= 4 is 61.8 Å². The van der Waals surface area contributed by atoms with Crippen molar-refractivity contribution in [2.75, 3.05) is 0 Å². The Bertz CT molecular complexity index is 1440. The maximum atomic E-state index is 3.73. The number of fused-ring (bicyclic) bond motifs is 2. The lowest BCUT2D eigenvalue weighted by atomic mass is 10.0. The molecule has 0 bridgehead atoms. The third-order valence-corrected chi connectivity index (χ3v) is 6.18. The average Bonchev–Trinajstić information content (AvgIpc) is 2.82. The molecule has 1 heteroatoms. The monoisotopic (exact) mass is 460 g/mol. The topological polar surface area (TPSA) is 0 Å². The first-order valence-electron chi connectivity index (χ1n) is 10.4. The summed E-state index contributed by atoms with van der Waals surface area (Å²) in [4.78, 5) is 0. The molecule has 0 aliphatic carbocycles. The molecule has 0 spiro atoms. The van der Waals surface area contributed by atoms with E-state index in [9.17, 15) is 0 Å². The van der Waals surface area contributed by atoms with Crippen LogP contribution in [0.5, 0.6) is 0 Å². The number of benzene rings is 5. The molecule has 0 saturated heterocycles. The molecule has 0 aromatic heterocycles. The first-order valence-corrected chi connectivity index (χ1v) is 11.2. The fourth-order valence-corrected chi connectivity index (χ4v) is 4.31. The van der Waals surface area contributed by atoms with Crippen LogP contribution in [0.15, 0.2) is 108 Å². The van der Waals surface area contributed by atoms with Gasteiger partial charge in [0.15, 0.2) is 0 Å². The van der Waals surface area contributed by atoms with Gasteiger partial charge in [0.25, 0.3) is 0 Å². The summed E-state index contributed by atoms with van der Waals surface area (Å²) in [5.41, 5.74) is 4.74. The summed E-state index contributed by atoms with van der Waals surface area (Å²) in [6.07, 6.45) is 8.65. The van der Waals surface area contributed by atoms with Gasteiger partial charge in [-0.1, -0.05) is 125 Å². The molecule has 0 saturated carbocycles. The molecule has 0 radical (unpaired) electrons. The Kier molecular flexibility index (Phi) is 5.52. The fourth-order valence-electron chi connectivity index (χ4n) is 3.78. The predicted octanol–water partition coefficient (Wildman–Crippen LogP) is 9.10. The van der Waals surface area contributed by atoms with Crippen LogP contribution >= 0.6 is 15.9 Å². The van der Waals surface area contributed by atoms with Gasteiger partial charge in [-0.2, -0.15) is 0 Å². The molecule has 148 valence electrons. The van der Waals surface area contributed by atoms with E-state index < -0.39 is 0 Å². The first-order chi connectivity index (χ1) is 15.2. The predicted molar refractivity (Wildman–Crippen MR) is 140 cm³/mol. The lowest BCUT2D eigenvalue weighted by Gasteiger charge is -2.03. The van der Waals surface area contributed by atoms with Gasteiger partial charge in [0.1, 0.15) is 0 Å². The molecule has 0 aliphatic heterocycles. The van der Waals surface area contributed by atoms with E-state index in [-0.39, 0.29) is 0 Å². The lowest BCUT2D eigenvalue weighted by Crippen LogP contribution is -1.80. The summed E-state index contributed by atoms with van der Waals surface area (Å²) in [7, 11) is 0. The Morgan fingerprint density at radius 2 is 0.871 bits per heavy atom. The molecule has 0 amide bonds. The maximum absolute atomic E-state index is 3.73. The Labute approximate surface area is 191 Å². The van der Waals surface area contributed by atoms with Crippen molar-refractivity contribution in [2.45, 2.75) is 0 Å². The van der Waals surface area contributed by atoms with Gasteiger partial charge in [0, 0.05) is 4.47 Å². The lowest BCUT2D eigenvalue weighted by molar-refractivity contribution is 1.57. The molecule has 0 atom stereocenters. The molecule has 0 N–H and O–H groups in total. The van der Waals surface area contributed by atoms with Gasteiger partial charge in [-0.3, -0.25) is 0 Å². The number of hydrogen-bond donors (Lipinski definition) is 0. The zero-order chi connectivity index (χ0) is 21.0. The van der Waals surface area contributed by atoms with Gasteiger partial charge >= 0.3 is 0 Å². The normalized spacial score (nSPS) is 11.8. The minimum atomic E-state index is 1.09. The summed E-state index contributed by atoms with van der Waals surface area (Å²) in [5, 5.41) is 5.06. The molecular formula is C30H21Br. The minimum absolute atomic E-state index is 1.09. The summed E-state index contributed by atoms with van der Waals surface area (Å²) < 4.78 is 1.09. The first kappa shape index (κ1) is 19.5. The van der Waals surface area contributed by atoms with Crippen molar-refractivity contribution in [2.24, 2.45) is 0 Å². The summed E-state index contributed by atoms with van der Waals surface area (Å²) in [6.45, 7) is 0. The molecule has 5 aromatic carbocycles. The zero-order valence-electron chi connectivity index (χ0n) is 17.0. The molecule has 0 aliphatic rings. The van der Waals surface area contributed by atoms with Crippen LogP contribution in [0.4, 0.5) is 0 Å². The highest BCUT2D eigenvalue weighted by molar-refractivity contribution is 9.10. The highest BCUT2D eigenvalue weighted by atomic mass is 79.9. The SMILES string of the molecule is Brc1cc(/C=C/c2ccc3ccccc3c2)ccc1/C=C/c1ccc2ccccc2c1.